The van der Waals surface area contributed by atoms with E-state index < -0.39 is 5.97 Å². The van der Waals surface area contributed by atoms with Gasteiger partial charge in [-0.2, -0.15) is 0 Å². The van der Waals surface area contributed by atoms with Crippen molar-refractivity contribution in [2.45, 2.75) is 32.7 Å². The second-order valence-corrected chi connectivity index (χ2v) is 7.49. The number of amides is 1. The van der Waals surface area contributed by atoms with Gasteiger partial charge in [-0.15, -0.1) is 0 Å². The Labute approximate surface area is 176 Å². The van der Waals surface area contributed by atoms with Gasteiger partial charge in [-0.3, -0.25) is 9.59 Å². The van der Waals surface area contributed by atoms with Gasteiger partial charge in [0.1, 0.15) is 5.75 Å². The van der Waals surface area contributed by atoms with Crippen molar-refractivity contribution in [3.8, 4) is 5.75 Å². The van der Waals surface area contributed by atoms with Crippen molar-refractivity contribution >= 4 is 22.6 Å². The number of fused-ring (bicyclic) bond motifs is 1. The summed E-state index contributed by atoms with van der Waals surface area (Å²) >= 11 is 0. The molecule has 0 bridgehead atoms. The lowest BCUT2D eigenvalue weighted by molar-refractivity contribution is -0.137. The number of nitrogens with zero attached hydrogens (tertiary/aromatic N) is 1. The molecule has 3 aromatic rings. The maximum absolute atomic E-state index is 11.5. The molecule has 156 valence electrons. The highest BCUT2D eigenvalue weighted by Crippen LogP contribution is 2.24. The molecule has 1 N–H and O–H groups in total. The topological polar surface area (TPSA) is 66.8 Å². The maximum Gasteiger partial charge on any atom is 0.303 e. The summed E-state index contributed by atoms with van der Waals surface area (Å²) in [6.07, 6.45) is 1.21. The summed E-state index contributed by atoms with van der Waals surface area (Å²) in [5.74, 6) is -0.160. The zero-order chi connectivity index (χ0) is 21.5. The molecule has 0 unspecified atom stereocenters. The van der Waals surface area contributed by atoms with Gasteiger partial charge in [-0.05, 0) is 39.9 Å². The summed E-state index contributed by atoms with van der Waals surface area (Å²) in [5.41, 5.74) is 3.01. The molecule has 0 aliphatic rings. The van der Waals surface area contributed by atoms with Crippen LogP contribution in [0.2, 0.25) is 0 Å². The van der Waals surface area contributed by atoms with Crippen LogP contribution in [0.3, 0.4) is 0 Å². The monoisotopic (exact) mass is 405 g/mol. The highest BCUT2D eigenvalue weighted by atomic mass is 16.5. The number of carboxylic acid groups (broad SMARTS) is 1. The number of aryl methyl sites for hydroxylation is 1. The molecule has 0 fully saturated rings. The average Bonchev–Trinajstić information content (AvgIpc) is 2.73. The van der Waals surface area contributed by atoms with Gasteiger partial charge in [-0.25, -0.2) is 0 Å². The zero-order valence-electron chi connectivity index (χ0n) is 17.4. The third kappa shape index (κ3) is 5.83. The van der Waals surface area contributed by atoms with E-state index in [1.165, 1.54) is 23.3 Å². The van der Waals surface area contributed by atoms with E-state index in [-0.39, 0.29) is 12.3 Å². The van der Waals surface area contributed by atoms with E-state index in [2.05, 4.69) is 30.3 Å². The van der Waals surface area contributed by atoms with Gasteiger partial charge in [0, 0.05) is 33.4 Å². The third-order valence-electron chi connectivity index (χ3n) is 5.16. The van der Waals surface area contributed by atoms with Gasteiger partial charge >= 0.3 is 5.97 Å². The minimum Gasteiger partial charge on any atom is -0.493 e. The van der Waals surface area contributed by atoms with Crippen LogP contribution in [0.1, 0.15) is 30.0 Å². The number of aliphatic carboxylic acids is 1. The van der Waals surface area contributed by atoms with Gasteiger partial charge in [0.15, 0.2) is 0 Å². The molecule has 0 aliphatic heterocycles. The van der Waals surface area contributed by atoms with Crippen molar-refractivity contribution in [2.75, 3.05) is 13.7 Å². The Morgan fingerprint density at radius 2 is 1.67 bits per heavy atom. The first-order chi connectivity index (χ1) is 14.4. The van der Waals surface area contributed by atoms with E-state index in [9.17, 15) is 9.59 Å². The summed E-state index contributed by atoms with van der Waals surface area (Å²) in [4.78, 5) is 24.2. The van der Waals surface area contributed by atoms with Crippen molar-refractivity contribution in [1.82, 2.24) is 4.90 Å². The first-order valence-electron chi connectivity index (χ1n) is 10.1. The van der Waals surface area contributed by atoms with E-state index >= 15 is 0 Å². The third-order valence-corrected chi connectivity index (χ3v) is 5.16. The fraction of sp³-hybridized carbons (Fsp3) is 0.280. The van der Waals surface area contributed by atoms with E-state index in [0.717, 1.165) is 17.5 Å². The van der Waals surface area contributed by atoms with E-state index in [1.54, 1.807) is 11.9 Å². The predicted octanol–water partition coefficient (Wildman–Crippen LogP) is 4.46. The Morgan fingerprint density at radius 1 is 0.933 bits per heavy atom. The Morgan fingerprint density at radius 3 is 2.40 bits per heavy atom. The molecule has 5 nitrogen and oxygen atoms in total. The van der Waals surface area contributed by atoms with Crippen LogP contribution in [-0.4, -0.2) is 35.5 Å². The number of benzene rings is 3. The lowest BCUT2D eigenvalue weighted by atomic mass is 10.0. The maximum atomic E-state index is 11.5. The normalized spacial score (nSPS) is 10.7. The Balaban J connectivity index is 1.71. The van der Waals surface area contributed by atoms with Gasteiger partial charge in [-0.1, -0.05) is 54.6 Å². The van der Waals surface area contributed by atoms with Crippen LogP contribution in [0.5, 0.6) is 5.75 Å². The first-order valence-corrected chi connectivity index (χ1v) is 10.1. The molecule has 5 heteroatoms. The fourth-order valence-corrected chi connectivity index (χ4v) is 3.34. The molecule has 30 heavy (non-hydrogen) atoms. The minimum absolute atomic E-state index is 0.0104. The molecule has 0 heterocycles. The van der Waals surface area contributed by atoms with Crippen molar-refractivity contribution in [1.29, 1.82) is 0 Å². The number of rotatable bonds is 9. The quantitative estimate of drug-likeness (QED) is 0.571. The smallest absolute Gasteiger partial charge is 0.303 e. The minimum atomic E-state index is -0.836. The molecule has 0 atom stereocenters. The SMILES string of the molecule is CC(=O)N(C)Cc1ccc(CCC(=O)O)c(OCCc2ccc3ccccc3c2)c1. The Hall–Kier alpha value is -3.34. The van der Waals surface area contributed by atoms with Gasteiger partial charge < -0.3 is 14.7 Å². The highest BCUT2D eigenvalue weighted by molar-refractivity contribution is 5.83. The van der Waals surface area contributed by atoms with Crippen LogP contribution in [0, 0.1) is 0 Å². The van der Waals surface area contributed by atoms with Gasteiger partial charge in [0.25, 0.3) is 0 Å². The number of ether oxygens (including phenoxy) is 1. The molecule has 0 saturated carbocycles. The Bertz CT molecular complexity index is 1040. The average molecular weight is 405 g/mol. The molecule has 3 rings (SSSR count). The largest absolute Gasteiger partial charge is 0.493 e. The van der Waals surface area contributed by atoms with Gasteiger partial charge in [0.05, 0.1) is 6.61 Å². The number of carbonyl (C=O) groups excluding carboxylic acids is 1. The molecule has 1 amide bonds. The highest BCUT2D eigenvalue weighted by Gasteiger charge is 2.10. The number of hydrogen-bond donors (Lipinski definition) is 1. The van der Waals surface area contributed by atoms with E-state index in [4.69, 9.17) is 9.84 Å². The molecular weight excluding hydrogens is 378 g/mol. The number of carboxylic acids is 1. The van der Waals surface area contributed by atoms with Crippen molar-refractivity contribution in [3.05, 3.63) is 77.4 Å². The van der Waals surface area contributed by atoms with Crippen LogP contribution < -0.4 is 4.74 Å². The molecule has 0 aliphatic carbocycles. The summed E-state index contributed by atoms with van der Waals surface area (Å²) in [6, 6.07) is 20.4. The zero-order valence-corrected chi connectivity index (χ0v) is 17.4. The lowest BCUT2D eigenvalue weighted by Crippen LogP contribution is -2.23. The van der Waals surface area contributed by atoms with E-state index in [0.29, 0.717) is 25.3 Å². The van der Waals surface area contributed by atoms with Crippen molar-refractivity contribution in [2.24, 2.45) is 0 Å². The second kappa shape index (κ2) is 9.92. The fourth-order valence-electron chi connectivity index (χ4n) is 3.34. The molecule has 3 aromatic carbocycles. The van der Waals surface area contributed by atoms with Crippen LogP contribution in [0.25, 0.3) is 10.8 Å². The number of carbonyl (C=O) groups is 2. The molecule has 0 radical (unpaired) electrons. The van der Waals surface area contributed by atoms with Crippen LogP contribution >= 0.6 is 0 Å². The molecule has 0 saturated heterocycles. The van der Waals surface area contributed by atoms with Crippen LogP contribution in [0.4, 0.5) is 0 Å². The first kappa shape index (κ1) is 21.4. The molecular formula is C25H27NO4. The van der Waals surface area contributed by atoms with Crippen molar-refractivity contribution in [3.63, 3.8) is 0 Å². The summed E-state index contributed by atoms with van der Waals surface area (Å²) in [6.45, 7) is 2.50. The lowest BCUT2D eigenvalue weighted by Gasteiger charge is -2.17. The predicted molar refractivity (Wildman–Crippen MR) is 118 cm³/mol. The van der Waals surface area contributed by atoms with Crippen LogP contribution in [0.15, 0.2) is 60.7 Å². The standard InChI is InChI=1S/C25H27NO4/c1-18(27)26(2)17-20-8-10-22(11-12-25(28)29)24(16-20)30-14-13-19-7-9-21-5-3-4-6-23(21)15-19/h3-10,15-16H,11-14,17H2,1-2H3,(H,28,29). The molecule has 0 aromatic heterocycles. The Kier molecular flexibility index (Phi) is 7.07. The van der Waals surface area contributed by atoms with E-state index in [1.807, 2.05) is 30.3 Å². The van der Waals surface area contributed by atoms with Gasteiger partial charge in [0.2, 0.25) is 5.91 Å². The number of hydrogen-bond acceptors (Lipinski definition) is 3. The summed E-state index contributed by atoms with van der Waals surface area (Å²) in [5, 5.41) is 11.4. The van der Waals surface area contributed by atoms with Crippen LogP contribution in [-0.2, 0) is 29.0 Å². The van der Waals surface area contributed by atoms with Crippen molar-refractivity contribution < 1.29 is 19.4 Å². The molecule has 0 spiro atoms. The second-order valence-electron chi connectivity index (χ2n) is 7.49. The summed E-state index contributed by atoms with van der Waals surface area (Å²) in [7, 11) is 1.75. The summed E-state index contributed by atoms with van der Waals surface area (Å²) < 4.78 is 6.07.